The highest BCUT2D eigenvalue weighted by molar-refractivity contribution is 6.31. The molecule has 1 atom stereocenters. The van der Waals surface area contributed by atoms with Crippen molar-refractivity contribution >= 4 is 11.6 Å². The summed E-state index contributed by atoms with van der Waals surface area (Å²) in [7, 11) is 3.24. The number of rotatable bonds is 4. The second-order valence-corrected chi connectivity index (χ2v) is 6.41. The molecule has 2 aromatic rings. The van der Waals surface area contributed by atoms with E-state index in [1.54, 1.807) is 20.3 Å². The van der Waals surface area contributed by atoms with E-state index in [0.29, 0.717) is 16.5 Å². The Morgan fingerprint density at radius 2 is 1.88 bits per heavy atom. The molecule has 0 saturated heterocycles. The molecule has 1 aliphatic rings. The quantitative estimate of drug-likeness (QED) is 0.831. The Morgan fingerprint density at radius 1 is 1.17 bits per heavy atom. The van der Waals surface area contributed by atoms with Gasteiger partial charge in [0.1, 0.15) is 11.9 Å². The third-order valence-corrected chi connectivity index (χ3v) is 4.51. The number of hydrogen-bond donors (Lipinski definition) is 0. The lowest BCUT2D eigenvalue weighted by molar-refractivity contribution is 0.156. The van der Waals surface area contributed by atoms with Crippen LogP contribution < -0.4 is 14.2 Å². The number of nitrogens with zero attached hydrogens (tertiary/aromatic N) is 1. The maximum Gasteiger partial charge on any atom is 0.162 e. The lowest BCUT2D eigenvalue weighted by atomic mass is 10.1. The van der Waals surface area contributed by atoms with Crippen molar-refractivity contribution in [2.45, 2.75) is 26.1 Å². The average Bonchev–Trinajstić information content (AvgIpc) is 2.73. The molecule has 1 unspecified atom stereocenters. The highest BCUT2D eigenvalue weighted by Crippen LogP contribution is 2.34. The molecule has 128 valence electrons. The molecule has 24 heavy (non-hydrogen) atoms. The first-order valence-electron chi connectivity index (χ1n) is 7.98. The van der Waals surface area contributed by atoms with E-state index in [0.717, 1.165) is 30.9 Å². The van der Waals surface area contributed by atoms with Gasteiger partial charge in [0, 0.05) is 36.3 Å². The second kappa shape index (κ2) is 7.32. The first kappa shape index (κ1) is 16.9. The van der Waals surface area contributed by atoms with Gasteiger partial charge in [-0.1, -0.05) is 29.8 Å². The molecule has 0 N–H and O–H groups in total. The maximum atomic E-state index is 6.44. The number of ether oxygens (including phenoxy) is 3. The molecular formula is C19H22ClNO3. The van der Waals surface area contributed by atoms with Crippen LogP contribution in [-0.4, -0.2) is 31.8 Å². The number of para-hydroxylation sites is 1. The highest BCUT2D eigenvalue weighted by Gasteiger charge is 2.21. The van der Waals surface area contributed by atoms with Crippen molar-refractivity contribution in [2.24, 2.45) is 0 Å². The topological polar surface area (TPSA) is 30.9 Å². The lowest BCUT2D eigenvalue weighted by Gasteiger charge is -2.23. The van der Waals surface area contributed by atoms with Gasteiger partial charge in [0.05, 0.1) is 14.2 Å². The summed E-state index contributed by atoms with van der Waals surface area (Å²) < 4.78 is 16.7. The van der Waals surface area contributed by atoms with Gasteiger partial charge in [-0.25, -0.2) is 0 Å². The summed E-state index contributed by atoms with van der Waals surface area (Å²) in [4.78, 5) is 2.34. The van der Waals surface area contributed by atoms with E-state index >= 15 is 0 Å². The number of halogens is 1. The van der Waals surface area contributed by atoms with Crippen LogP contribution in [0.15, 0.2) is 36.4 Å². The van der Waals surface area contributed by atoms with E-state index < -0.39 is 0 Å². The summed E-state index contributed by atoms with van der Waals surface area (Å²) in [5, 5.41) is 0.679. The molecule has 5 heteroatoms. The first-order valence-corrected chi connectivity index (χ1v) is 8.35. The highest BCUT2D eigenvalue weighted by atomic mass is 35.5. The van der Waals surface area contributed by atoms with Crippen molar-refractivity contribution in [2.75, 3.05) is 20.8 Å². The molecule has 0 aromatic heterocycles. The minimum absolute atomic E-state index is 0.118. The molecular weight excluding hydrogens is 326 g/mol. The fraction of sp³-hybridized carbons (Fsp3) is 0.368. The van der Waals surface area contributed by atoms with E-state index in [2.05, 4.69) is 17.9 Å². The summed E-state index contributed by atoms with van der Waals surface area (Å²) in [6, 6.07) is 11.9. The predicted molar refractivity (Wildman–Crippen MR) is 95.2 cm³/mol. The Labute approximate surface area is 147 Å². The van der Waals surface area contributed by atoms with Gasteiger partial charge < -0.3 is 14.2 Å². The van der Waals surface area contributed by atoms with Gasteiger partial charge in [-0.05, 0) is 24.6 Å². The molecule has 0 bridgehead atoms. The Kier molecular flexibility index (Phi) is 5.17. The Hall–Kier alpha value is -1.91. The lowest BCUT2D eigenvalue weighted by Crippen LogP contribution is -2.30. The number of methoxy groups -OCH3 is 2. The van der Waals surface area contributed by atoms with Gasteiger partial charge in [0.15, 0.2) is 11.5 Å². The molecule has 0 radical (unpaired) electrons. The van der Waals surface area contributed by atoms with E-state index in [1.807, 2.05) is 24.3 Å². The van der Waals surface area contributed by atoms with Crippen LogP contribution in [0.4, 0.5) is 0 Å². The zero-order chi connectivity index (χ0) is 17.1. The van der Waals surface area contributed by atoms with E-state index in [-0.39, 0.29) is 6.10 Å². The third-order valence-electron chi connectivity index (χ3n) is 4.16. The van der Waals surface area contributed by atoms with Crippen LogP contribution >= 0.6 is 11.6 Å². The molecule has 0 amide bonds. The van der Waals surface area contributed by atoms with E-state index in [1.165, 1.54) is 5.56 Å². The number of hydrogen-bond acceptors (Lipinski definition) is 4. The van der Waals surface area contributed by atoms with Gasteiger partial charge in [-0.15, -0.1) is 0 Å². The van der Waals surface area contributed by atoms with Crippen molar-refractivity contribution in [3.05, 3.63) is 52.5 Å². The van der Waals surface area contributed by atoms with Gasteiger partial charge in [0.25, 0.3) is 0 Å². The smallest absolute Gasteiger partial charge is 0.162 e. The molecule has 1 heterocycles. The zero-order valence-corrected chi connectivity index (χ0v) is 15.0. The predicted octanol–water partition coefficient (Wildman–Crippen LogP) is 4.14. The molecule has 0 saturated carbocycles. The molecule has 0 fully saturated rings. The van der Waals surface area contributed by atoms with Crippen molar-refractivity contribution in [1.82, 2.24) is 4.90 Å². The Morgan fingerprint density at radius 3 is 2.62 bits per heavy atom. The molecule has 3 rings (SSSR count). The fourth-order valence-electron chi connectivity index (χ4n) is 3.05. The van der Waals surface area contributed by atoms with Gasteiger partial charge in [0.2, 0.25) is 0 Å². The number of fused-ring (bicyclic) bond motifs is 1. The van der Waals surface area contributed by atoms with Crippen LogP contribution in [0.5, 0.6) is 17.2 Å². The minimum atomic E-state index is 0.118. The molecule has 2 aromatic carbocycles. The minimum Gasteiger partial charge on any atom is -0.493 e. The van der Waals surface area contributed by atoms with Crippen LogP contribution in [0.25, 0.3) is 0 Å². The van der Waals surface area contributed by atoms with Gasteiger partial charge >= 0.3 is 0 Å². The Bertz CT molecular complexity index is 720. The average molecular weight is 348 g/mol. The number of benzene rings is 2. The largest absolute Gasteiger partial charge is 0.493 e. The molecule has 0 aliphatic carbocycles. The SMILES string of the molecule is COc1cc(Cl)c(CN2Cc3ccccc3OC(C)C2)cc1OC. The zero-order valence-electron chi connectivity index (χ0n) is 14.2. The van der Waals surface area contributed by atoms with Crippen molar-refractivity contribution < 1.29 is 14.2 Å². The molecule has 4 nitrogen and oxygen atoms in total. The van der Waals surface area contributed by atoms with Crippen LogP contribution in [0.1, 0.15) is 18.1 Å². The summed E-state index contributed by atoms with van der Waals surface area (Å²) in [6.45, 7) is 4.47. The van der Waals surface area contributed by atoms with E-state index in [4.69, 9.17) is 25.8 Å². The molecule has 1 aliphatic heterocycles. The summed E-state index contributed by atoms with van der Waals surface area (Å²) in [6.07, 6.45) is 0.118. The van der Waals surface area contributed by atoms with Crippen LogP contribution in [0.3, 0.4) is 0 Å². The maximum absolute atomic E-state index is 6.44. The van der Waals surface area contributed by atoms with Gasteiger partial charge in [-0.2, -0.15) is 0 Å². The van der Waals surface area contributed by atoms with Crippen LogP contribution in [-0.2, 0) is 13.1 Å². The van der Waals surface area contributed by atoms with Crippen molar-refractivity contribution in [3.8, 4) is 17.2 Å². The van der Waals surface area contributed by atoms with Crippen LogP contribution in [0, 0.1) is 0 Å². The molecule has 0 spiro atoms. The van der Waals surface area contributed by atoms with Gasteiger partial charge in [-0.3, -0.25) is 4.90 Å². The first-order chi connectivity index (χ1) is 11.6. The van der Waals surface area contributed by atoms with Crippen molar-refractivity contribution in [3.63, 3.8) is 0 Å². The Balaban J connectivity index is 1.85. The fourth-order valence-corrected chi connectivity index (χ4v) is 3.26. The van der Waals surface area contributed by atoms with Crippen LogP contribution in [0.2, 0.25) is 5.02 Å². The monoisotopic (exact) mass is 347 g/mol. The summed E-state index contributed by atoms with van der Waals surface area (Å²) >= 11 is 6.44. The summed E-state index contributed by atoms with van der Waals surface area (Å²) in [5.74, 6) is 2.30. The van der Waals surface area contributed by atoms with E-state index in [9.17, 15) is 0 Å². The normalized spacial score (nSPS) is 17.6. The van der Waals surface area contributed by atoms with Crippen molar-refractivity contribution in [1.29, 1.82) is 0 Å². The third kappa shape index (κ3) is 3.60. The summed E-state index contributed by atoms with van der Waals surface area (Å²) in [5.41, 5.74) is 2.21. The standard InChI is InChI=1S/C19H22ClNO3/c1-13-10-21(11-14-6-4-5-7-17(14)24-13)12-15-8-18(22-2)19(23-3)9-16(15)20/h4-9,13H,10-12H2,1-3H3. The second-order valence-electron chi connectivity index (χ2n) is 6.00.